The summed E-state index contributed by atoms with van der Waals surface area (Å²) in [4.78, 5) is 24.4. The molecule has 23 heavy (non-hydrogen) atoms. The molecule has 2 rings (SSSR count). The smallest absolute Gasteiger partial charge is 0.342 e. The molecule has 1 aliphatic carbocycles. The van der Waals surface area contributed by atoms with Crippen LogP contribution in [-0.4, -0.2) is 24.0 Å². The molecule has 1 aromatic carbocycles. The van der Waals surface area contributed by atoms with Crippen LogP contribution < -0.4 is 5.32 Å². The van der Waals surface area contributed by atoms with Gasteiger partial charge in [-0.2, -0.15) is 0 Å². The standard InChI is InChI=1S/C16H18Cl3NO3/c1-9(15(21)20-10-5-3-2-4-6-10)23-16(22)13-11(17)7-8-12(18)14(13)19/h7-10H,2-6H2,1H3,(H,20,21). The first-order valence-corrected chi connectivity index (χ1v) is 8.68. The minimum Gasteiger partial charge on any atom is -0.449 e. The molecule has 1 aromatic rings. The summed E-state index contributed by atoms with van der Waals surface area (Å²) in [5.74, 6) is -1.09. The molecule has 0 aliphatic heterocycles. The van der Waals surface area contributed by atoms with Gasteiger partial charge in [-0.25, -0.2) is 4.79 Å². The fraction of sp³-hybridized carbons (Fsp3) is 0.500. The van der Waals surface area contributed by atoms with Crippen molar-refractivity contribution >= 4 is 46.7 Å². The molecule has 4 nitrogen and oxygen atoms in total. The highest BCUT2D eigenvalue weighted by Gasteiger charge is 2.25. The molecule has 0 spiro atoms. The number of carbonyl (C=O) groups excluding carboxylic acids is 2. The lowest BCUT2D eigenvalue weighted by Gasteiger charge is -2.24. The van der Waals surface area contributed by atoms with Crippen molar-refractivity contribution in [2.24, 2.45) is 0 Å². The molecule has 0 aromatic heterocycles. The maximum absolute atomic E-state index is 12.2. The van der Waals surface area contributed by atoms with Crippen LogP contribution >= 0.6 is 34.8 Å². The normalized spacial score (nSPS) is 16.7. The Balaban J connectivity index is 1.99. The van der Waals surface area contributed by atoms with Crippen LogP contribution in [0.2, 0.25) is 15.1 Å². The van der Waals surface area contributed by atoms with Gasteiger partial charge in [0.1, 0.15) is 0 Å². The molecule has 1 fully saturated rings. The molecule has 7 heteroatoms. The van der Waals surface area contributed by atoms with E-state index in [0.717, 1.165) is 25.7 Å². The van der Waals surface area contributed by atoms with Crippen molar-refractivity contribution in [2.75, 3.05) is 0 Å². The third-order valence-corrected chi connectivity index (χ3v) is 4.97. The first-order valence-electron chi connectivity index (χ1n) is 7.55. The number of hydrogen-bond acceptors (Lipinski definition) is 3. The molecule has 1 saturated carbocycles. The van der Waals surface area contributed by atoms with E-state index < -0.39 is 12.1 Å². The maximum atomic E-state index is 12.2. The minimum absolute atomic E-state index is 0.0176. The van der Waals surface area contributed by atoms with Crippen LogP contribution in [0.5, 0.6) is 0 Å². The number of esters is 1. The molecule has 0 saturated heterocycles. The highest BCUT2D eigenvalue weighted by atomic mass is 35.5. The zero-order valence-corrected chi connectivity index (χ0v) is 15.0. The van der Waals surface area contributed by atoms with Crippen LogP contribution in [0.15, 0.2) is 12.1 Å². The lowest BCUT2D eigenvalue weighted by Crippen LogP contribution is -2.42. The topological polar surface area (TPSA) is 55.4 Å². The number of ether oxygens (including phenoxy) is 1. The van der Waals surface area contributed by atoms with Crippen LogP contribution in [0.4, 0.5) is 0 Å². The third-order valence-electron chi connectivity index (χ3n) is 3.85. The van der Waals surface area contributed by atoms with Crippen LogP contribution in [0.1, 0.15) is 49.4 Å². The summed E-state index contributed by atoms with van der Waals surface area (Å²) in [6.07, 6.45) is 4.38. The van der Waals surface area contributed by atoms with Crippen LogP contribution in [0, 0.1) is 0 Å². The SMILES string of the molecule is CC(OC(=O)c1c(Cl)ccc(Cl)c1Cl)C(=O)NC1CCCCC1. The second kappa shape index (κ2) is 8.22. The lowest BCUT2D eigenvalue weighted by molar-refractivity contribution is -0.130. The number of amides is 1. The van der Waals surface area contributed by atoms with Crippen molar-refractivity contribution in [1.29, 1.82) is 0 Å². The van der Waals surface area contributed by atoms with E-state index in [1.807, 2.05) is 0 Å². The van der Waals surface area contributed by atoms with Gasteiger partial charge in [0.05, 0.1) is 20.6 Å². The number of carbonyl (C=O) groups is 2. The van der Waals surface area contributed by atoms with Gasteiger partial charge in [0.15, 0.2) is 6.10 Å². The van der Waals surface area contributed by atoms with Gasteiger partial charge in [0.2, 0.25) is 0 Å². The molecule has 1 aliphatic rings. The Morgan fingerprint density at radius 1 is 1.13 bits per heavy atom. The summed E-state index contributed by atoms with van der Waals surface area (Å²) in [7, 11) is 0. The Kier molecular flexibility index (Phi) is 6.57. The van der Waals surface area contributed by atoms with Crippen LogP contribution in [0.25, 0.3) is 0 Å². The van der Waals surface area contributed by atoms with Crippen LogP contribution in [-0.2, 0) is 9.53 Å². The Bertz CT molecular complexity index is 600. The average molecular weight is 379 g/mol. The Labute approximate surface area is 150 Å². The predicted molar refractivity (Wildman–Crippen MR) is 91.4 cm³/mol. The van der Waals surface area contributed by atoms with E-state index in [1.54, 1.807) is 0 Å². The van der Waals surface area contributed by atoms with E-state index in [4.69, 9.17) is 39.5 Å². The van der Waals surface area contributed by atoms with Gasteiger partial charge in [-0.15, -0.1) is 0 Å². The van der Waals surface area contributed by atoms with Crippen molar-refractivity contribution in [3.05, 3.63) is 32.8 Å². The molecule has 126 valence electrons. The lowest BCUT2D eigenvalue weighted by atomic mass is 9.95. The highest BCUT2D eigenvalue weighted by Crippen LogP contribution is 2.32. The predicted octanol–water partition coefficient (Wildman–Crippen LogP) is 4.64. The van der Waals surface area contributed by atoms with Gasteiger partial charge in [-0.3, -0.25) is 4.79 Å². The van der Waals surface area contributed by atoms with Crippen molar-refractivity contribution < 1.29 is 14.3 Å². The number of nitrogens with one attached hydrogen (secondary N) is 1. The van der Waals surface area contributed by atoms with Gasteiger partial charge >= 0.3 is 5.97 Å². The van der Waals surface area contributed by atoms with E-state index in [0.29, 0.717) is 0 Å². The maximum Gasteiger partial charge on any atom is 0.342 e. The van der Waals surface area contributed by atoms with Crippen molar-refractivity contribution in [3.8, 4) is 0 Å². The molecule has 0 bridgehead atoms. The van der Waals surface area contributed by atoms with Gasteiger partial charge in [0.25, 0.3) is 5.91 Å². The quantitative estimate of drug-likeness (QED) is 0.613. The number of rotatable bonds is 4. The van der Waals surface area contributed by atoms with Gasteiger partial charge in [-0.1, -0.05) is 54.1 Å². The summed E-state index contributed by atoms with van der Waals surface area (Å²) < 4.78 is 5.18. The highest BCUT2D eigenvalue weighted by molar-refractivity contribution is 6.46. The number of halogens is 3. The first-order chi connectivity index (χ1) is 10.9. The Morgan fingerprint density at radius 2 is 1.74 bits per heavy atom. The summed E-state index contributed by atoms with van der Waals surface area (Å²) >= 11 is 17.8. The summed E-state index contributed by atoms with van der Waals surface area (Å²) in [5.41, 5.74) is -0.0295. The second-order valence-electron chi connectivity index (χ2n) is 5.61. The summed E-state index contributed by atoms with van der Waals surface area (Å²) in [6.45, 7) is 1.52. The summed E-state index contributed by atoms with van der Waals surface area (Å²) in [6, 6.07) is 3.09. The first kappa shape index (κ1) is 18.4. The van der Waals surface area contributed by atoms with E-state index in [1.165, 1.54) is 25.5 Å². The van der Waals surface area contributed by atoms with E-state index >= 15 is 0 Å². The second-order valence-corrected chi connectivity index (χ2v) is 6.80. The molecule has 1 N–H and O–H groups in total. The number of hydrogen-bond donors (Lipinski definition) is 1. The molecule has 1 atom stereocenters. The fourth-order valence-electron chi connectivity index (χ4n) is 2.55. The molecular formula is C16H18Cl3NO3. The van der Waals surface area contributed by atoms with Gasteiger partial charge in [0, 0.05) is 6.04 Å². The van der Waals surface area contributed by atoms with E-state index in [9.17, 15) is 9.59 Å². The molecule has 1 amide bonds. The monoisotopic (exact) mass is 377 g/mol. The minimum atomic E-state index is -0.935. The molecular weight excluding hydrogens is 361 g/mol. The third kappa shape index (κ3) is 4.75. The van der Waals surface area contributed by atoms with Crippen molar-refractivity contribution in [2.45, 2.75) is 51.2 Å². The zero-order chi connectivity index (χ0) is 17.0. The number of benzene rings is 1. The van der Waals surface area contributed by atoms with E-state index in [-0.39, 0.29) is 32.6 Å². The summed E-state index contributed by atoms with van der Waals surface area (Å²) in [5, 5.41) is 3.25. The van der Waals surface area contributed by atoms with Crippen molar-refractivity contribution in [1.82, 2.24) is 5.32 Å². The zero-order valence-electron chi connectivity index (χ0n) is 12.7. The fourth-order valence-corrected chi connectivity index (χ4v) is 3.24. The average Bonchev–Trinajstić information content (AvgIpc) is 2.52. The largest absolute Gasteiger partial charge is 0.449 e. The van der Waals surface area contributed by atoms with E-state index in [2.05, 4.69) is 5.32 Å². The van der Waals surface area contributed by atoms with Crippen LogP contribution in [0.3, 0.4) is 0 Å². The molecule has 1 unspecified atom stereocenters. The Morgan fingerprint density at radius 3 is 2.39 bits per heavy atom. The van der Waals surface area contributed by atoms with Gasteiger partial charge in [-0.05, 0) is 31.9 Å². The molecule has 0 heterocycles. The Hall–Kier alpha value is -0.970. The molecule has 0 radical (unpaired) electrons. The van der Waals surface area contributed by atoms with Crippen molar-refractivity contribution in [3.63, 3.8) is 0 Å². The van der Waals surface area contributed by atoms with Gasteiger partial charge < -0.3 is 10.1 Å².